The molecule has 17 heavy (non-hydrogen) atoms. The highest BCUT2D eigenvalue weighted by Crippen LogP contribution is 2.16. The Morgan fingerprint density at radius 3 is 2.29 bits per heavy atom. The van der Waals surface area contributed by atoms with Gasteiger partial charge in [0.05, 0.1) is 0 Å². The fourth-order valence-electron chi connectivity index (χ4n) is 1.79. The number of benzene rings is 1. The molecule has 0 amide bonds. The van der Waals surface area contributed by atoms with Crippen LogP contribution in [0.2, 0.25) is 0 Å². The summed E-state index contributed by atoms with van der Waals surface area (Å²) in [6.07, 6.45) is 0. The van der Waals surface area contributed by atoms with Crippen molar-refractivity contribution in [1.82, 2.24) is 0 Å². The van der Waals surface area contributed by atoms with Crippen LogP contribution in [-0.4, -0.2) is 22.6 Å². The highest BCUT2D eigenvalue weighted by atomic mass is 28.2. The van der Waals surface area contributed by atoms with Crippen molar-refractivity contribution in [3.63, 3.8) is 0 Å². The van der Waals surface area contributed by atoms with Crippen molar-refractivity contribution >= 4 is 36.2 Å². The molecule has 0 bridgehead atoms. The standard InChI is InChI=1S/C12H19BO3Si/c1-8-9(2)11(13(14)15-16-17)7-6-10(8)12(3,4)5/h6-7,14H,1-2H2,3-5,17H3. The van der Waals surface area contributed by atoms with Gasteiger partial charge in [0.1, 0.15) is 0 Å². The number of hydrogen-bond donors (Lipinski definition) is 1. The molecule has 0 aliphatic heterocycles. The Kier molecular flexibility index (Phi) is 4.32. The summed E-state index contributed by atoms with van der Waals surface area (Å²) < 4.78 is 4.59. The molecule has 92 valence electrons. The van der Waals surface area contributed by atoms with E-state index in [9.17, 15) is 5.02 Å². The molecule has 0 aliphatic rings. The third kappa shape index (κ3) is 3.07. The van der Waals surface area contributed by atoms with E-state index < -0.39 is 7.12 Å². The van der Waals surface area contributed by atoms with E-state index in [2.05, 4.69) is 38.5 Å². The smallest absolute Gasteiger partial charge is 0.422 e. The lowest BCUT2D eigenvalue weighted by Gasteiger charge is -2.21. The van der Waals surface area contributed by atoms with Gasteiger partial charge in [-0.2, -0.15) is 0 Å². The monoisotopic (exact) mass is 250 g/mol. The molecule has 0 spiro atoms. The summed E-state index contributed by atoms with van der Waals surface area (Å²) in [6, 6.07) is 3.76. The zero-order valence-electron chi connectivity index (χ0n) is 10.9. The second-order valence-corrected chi connectivity index (χ2v) is 5.36. The summed E-state index contributed by atoms with van der Waals surface area (Å²) in [5.41, 5.74) is 1.71. The number of rotatable bonds is 3. The Labute approximate surface area is 105 Å². The van der Waals surface area contributed by atoms with Crippen LogP contribution in [-0.2, 0) is 14.8 Å². The molecular weight excluding hydrogens is 231 g/mol. The minimum atomic E-state index is -1.10. The van der Waals surface area contributed by atoms with E-state index in [1.54, 1.807) is 0 Å². The third-order valence-electron chi connectivity index (χ3n) is 2.73. The first-order chi connectivity index (χ1) is 7.79. The molecule has 0 saturated carbocycles. The van der Waals surface area contributed by atoms with Crippen molar-refractivity contribution in [3.05, 3.63) is 28.1 Å². The average molecular weight is 250 g/mol. The van der Waals surface area contributed by atoms with Gasteiger partial charge in [-0.25, -0.2) is 0 Å². The van der Waals surface area contributed by atoms with Crippen LogP contribution in [0.15, 0.2) is 12.1 Å². The molecule has 1 N–H and O–H groups in total. The van der Waals surface area contributed by atoms with E-state index in [4.69, 9.17) is 4.81 Å². The van der Waals surface area contributed by atoms with Crippen LogP contribution in [0.3, 0.4) is 0 Å². The molecule has 1 rings (SSSR count). The Morgan fingerprint density at radius 1 is 1.24 bits per heavy atom. The van der Waals surface area contributed by atoms with Crippen molar-refractivity contribution in [2.75, 3.05) is 0 Å². The molecule has 0 radical (unpaired) electrons. The second kappa shape index (κ2) is 5.18. The van der Waals surface area contributed by atoms with Crippen LogP contribution in [0.1, 0.15) is 26.3 Å². The van der Waals surface area contributed by atoms with Crippen molar-refractivity contribution in [2.45, 2.75) is 26.2 Å². The SMILES string of the molecule is C=c1c(B(O)OO[SiH3])ccc(C(C)(C)C)c1=C. The Morgan fingerprint density at radius 2 is 1.82 bits per heavy atom. The largest absolute Gasteiger partial charge is 0.521 e. The molecule has 0 atom stereocenters. The van der Waals surface area contributed by atoms with Crippen LogP contribution < -0.4 is 15.9 Å². The molecule has 5 heteroatoms. The molecule has 0 saturated heterocycles. The first-order valence-electron chi connectivity index (χ1n) is 5.48. The summed E-state index contributed by atoms with van der Waals surface area (Å²) in [6.45, 7) is 14.3. The van der Waals surface area contributed by atoms with Gasteiger partial charge in [-0.05, 0) is 26.9 Å². The zero-order chi connectivity index (χ0) is 13.2. The minimum absolute atomic E-state index is 0.00202. The maximum atomic E-state index is 9.73. The molecule has 1 aromatic rings. The van der Waals surface area contributed by atoms with Gasteiger partial charge < -0.3 is 9.60 Å². The van der Waals surface area contributed by atoms with E-state index >= 15 is 0 Å². The lowest BCUT2D eigenvalue weighted by atomic mass is 9.75. The molecule has 0 heterocycles. The Balaban J connectivity index is 3.31. The number of hydrogen-bond acceptors (Lipinski definition) is 3. The summed E-state index contributed by atoms with van der Waals surface area (Å²) in [5, 5.41) is 11.3. The van der Waals surface area contributed by atoms with Gasteiger partial charge in [0.25, 0.3) is 0 Å². The Hall–Kier alpha value is -0.878. The summed E-state index contributed by atoms with van der Waals surface area (Å²) in [7, 11) is -0.696. The molecule has 1 aromatic carbocycles. The lowest BCUT2D eigenvalue weighted by Crippen LogP contribution is -2.50. The Bertz CT molecular complexity index is 496. The van der Waals surface area contributed by atoms with Gasteiger partial charge >= 0.3 is 7.12 Å². The quantitative estimate of drug-likeness (QED) is 0.412. The van der Waals surface area contributed by atoms with E-state index in [1.165, 1.54) is 0 Å². The highest BCUT2D eigenvalue weighted by Gasteiger charge is 2.21. The zero-order valence-corrected chi connectivity index (χ0v) is 12.9. The fraction of sp³-hybridized carbons (Fsp3) is 0.333. The van der Waals surface area contributed by atoms with Crippen LogP contribution in [0, 0.1) is 0 Å². The van der Waals surface area contributed by atoms with Gasteiger partial charge in [0.2, 0.25) is 0 Å². The predicted molar refractivity (Wildman–Crippen MR) is 75.2 cm³/mol. The highest BCUT2D eigenvalue weighted by molar-refractivity contribution is 6.59. The maximum Gasteiger partial charge on any atom is 0.521 e. The molecule has 3 nitrogen and oxygen atoms in total. The van der Waals surface area contributed by atoms with Crippen molar-refractivity contribution < 1.29 is 14.4 Å². The molecule has 0 aliphatic carbocycles. The topological polar surface area (TPSA) is 38.7 Å². The molecule has 0 fully saturated rings. The first kappa shape index (κ1) is 14.2. The van der Waals surface area contributed by atoms with Gasteiger partial charge in [0.15, 0.2) is 10.5 Å². The lowest BCUT2D eigenvalue weighted by molar-refractivity contribution is -0.111. The predicted octanol–water partition coefficient (Wildman–Crippen LogP) is -1.28. The average Bonchev–Trinajstić information content (AvgIpc) is 2.20. The van der Waals surface area contributed by atoms with E-state index in [0.29, 0.717) is 21.2 Å². The molecule has 0 aromatic heterocycles. The normalized spacial score (nSPS) is 11.8. The van der Waals surface area contributed by atoms with Gasteiger partial charge in [0, 0.05) is 0 Å². The third-order valence-corrected chi connectivity index (χ3v) is 2.92. The maximum absolute atomic E-state index is 9.73. The van der Waals surface area contributed by atoms with Gasteiger partial charge in [-0.15, -0.1) is 0 Å². The fourth-order valence-corrected chi connectivity index (χ4v) is 1.97. The second-order valence-electron chi connectivity index (χ2n) is 5.02. The van der Waals surface area contributed by atoms with Crippen LogP contribution >= 0.6 is 0 Å². The first-order valence-corrected chi connectivity index (χ1v) is 6.29. The summed E-state index contributed by atoms with van der Waals surface area (Å²) >= 11 is 0. The van der Waals surface area contributed by atoms with E-state index in [1.807, 2.05) is 12.1 Å². The van der Waals surface area contributed by atoms with Crippen LogP contribution in [0.4, 0.5) is 0 Å². The van der Waals surface area contributed by atoms with Crippen molar-refractivity contribution in [3.8, 4) is 0 Å². The van der Waals surface area contributed by atoms with E-state index in [0.717, 1.165) is 10.8 Å². The minimum Gasteiger partial charge on any atom is -0.422 e. The molecular formula is C12H19BO3Si. The van der Waals surface area contributed by atoms with Gasteiger partial charge in [-0.3, -0.25) is 4.81 Å². The summed E-state index contributed by atoms with van der Waals surface area (Å²) in [4.78, 5) is 4.74. The van der Waals surface area contributed by atoms with Crippen molar-refractivity contribution in [2.24, 2.45) is 0 Å². The summed E-state index contributed by atoms with van der Waals surface area (Å²) in [5.74, 6) is 0. The molecule has 0 unspecified atom stereocenters. The van der Waals surface area contributed by atoms with Crippen LogP contribution in [0.5, 0.6) is 0 Å². The van der Waals surface area contributed by atoms with E-state index in [-0.39, 0.29) is 5.41 Å². The van der Waals surface area contributed by atoms with Crippen molar-refractivity contribution in [1.29, 1.82) is 0 Å². The van der Waals surface area contributed by atoms with Crippen LogP contribution in [0.25, 0.3) is 13.2 Å². The van der Waals surface area contributed by atoms with Gasteiger partial charge in [-0.1, -0.05) is 46.1 Å².